The third kappa shape index (κ3) is 11.4. The van der Waals surface area contributed by atoms with Crippen LogP contribution in [0, 0.1) is 0 Å². The van der Waals surface area contributed by atoms with Gasteiger partial charge in [0.1, 0.15) is 24.3 Å². The topological polar surface area (TPSA) is 146 Å². The van der Waals surface area contributed by atoms with E-state index >= 15 is 0 Å². The fraction of sp³-hybridized carbons (Fsp3) is 0.429. The third-order valence-electron chi connectivity index (χ3n) is 5.32. The van der Waals surface area contributed by atoms with Crippen molar-refractivity contribution < 1.29 is 33.4 Å². The molecule has 0 radical (unpaired) electrons. The quantitative estimate of drug-likeness (QED) is 0.339. The number of primary amides is 1. The van der Waals surface area contributed by atoms with Gasteiger partial charge in [-0.1, -0.05) is 60.7 Å². The number of esters is 1. The van der Waals surface area contributed by atoms with Crippen molar-refractivity contribution >= 4 is 23.9 Å². The molecule has 0 saturated heterocycles. The molecule has 0 heterocycles. The molecule has 0 spiro atoms. The van der Waals surface area contributed by atoms with Crippen molar-refractivity contribution in [3.63, 3.8) is 0 Å². The minimum Gasteiger partial charge on any atom is -0.461 e. The first kappa shape index (κ1) is 30.3. The summed E-state index contributed by atoms with van der Waals surface area (Å²) in [6.07, 6.45) is -1.85. The number of alkyl carbamates (subject to hydrolysis) is 1. The van der Waals surface area contributed by atoms with Crippen LogP contribution in [-0.2, 0) is 41.8 Å². The summed E-state index contributed by atoms with van der Waals surface area (Å²) in [6, 6.07) is 16.1. The lowest BCUT2D eigenvalue weighted by atomic mass is 10.1. The molecule has 0 aliphatic rings. The van der Waals surface area contributed by atoms with Gasteiger partial charge in [0.15, 0.2) is 0 Å². The maximum absolute atomic E-state index is 13.2. The fourth-order valence-electron chi connectivity index (χ4n) is 3.35. The monoisotopic (exact) mass is 527 g/mol. The lowest BCUT2D eigenvalue weighted by Crippen LogP contribution is -2.57. The van der Waals surface area contributed by atoms with Gasteiger partial charge in [0.25, 0.3) is 0 Å². The van der Waals surface area contributed by atoms with Crippen LogP contribution < -0.4 is 16.4 Å². The molecule has 38 heavy (non-hydrogen) atoms. The molecule has 206 valence electrons. The fourth-order valence-corrected chi connectivity index (χ4v) is 3.35. The highest BCUT2D eigenvalue weighted by atomic mass is 16.6. The van der Waals surface area contributed by atoms with E-state index in [-0.39, 0.29) is 26.1 Å². The summed E-state index contributed by atoms with van der Waals surface area (Å²) in [7, 11) is 0. The molecule has 10 nitrogen and oxygen atoms in total. The summed E-state index contributed by atoms with van der Waals surface area (Å²) in [5, 5.41) is 5.04. The van der Waals surface area contributed by atoms with Crippen molar-refractivity contribution in [2.75, 3.05) is 0 Å². The molecule has 2 aromatic carbocycles. The van der Waals surface area contributed by atoms with E-state index < -0.39 is 47.7 Å². The van der Waals surface area contributed by atoms with Crippen LogP contribution in [0.1, 0.15) is 51.7 Å². The lowest BCUT2D eigenvalue weighted by Gasteiger charge is -2.28. The Morgan fingerprint density at radius 1 is 0.868 bits per heavy atom. The normalized spacial score (nSPS) is 13.5. The number of benzene rings is 2. The second kappa shape index (κ2) is 14.7. The SMILES string of the molecule is C[C@@H](OCc1ccccc1)[C@H](NC(=O)OC(C)(C)C)C(=O)N[C@H](CCC(=O)OCc1ccccc1)C(N)=O. The van der Waals surface area contributed by atoms with Crippen LogP contribution in [0.5, 0.6) is 0 Å². The Morgan fingerprint density at radius 3 is 1.95 bits per heavy atom. The van der Waals surface area contributed by atoms with Crippen molar-refractivity contribution in [3.8, 4) is 0 Å². The van der Waals surface area contributed by atoms with Gasteiger partial charge in [-0.2, -0.15) is 0 Å². The Balaban J connectivity index is 2.01. The second-order valence-corrected chi connectivity index (χ2v) is 9.77. The number of carbonyl (C=O) groups excluding carboxylic acids is 4. The lowest BCUT2D eigenvalue weighted by molar-refractivity contribution is -0.145. The molecule has 0 aromatic heterocycles. The zero-order valence-corrected chi connectivity index (χ0v) is 22.3. The van der Waals surface area contributed by atoms with E-state index in [2.05, 4.69) is 10.6 Å². The zero-order valence-electron chi connectivity index (χ0n) is 22.3. The molecule has 3 atom stereocenters. The average Bonchev–Trinajstić information content (AvgIpc) is 2.87. The summed E-state index contributed by atoms with van der Waals surface area (Å²) in [5.41, 5.74) is 6.38. The van der Waals surface area contributed by atoms with Gasteiger partial charge in [-0.3, -0.25) is 14.4 Å². The molecule has 0 aliphatic heterocycles. The molecular formula is C28H37N3O7. The van der Waals surface area contributed by atoms with Crippen LogP contribution >= 0.6 is 0 Å². The summed E-state index contributed by atoms with van der Waals surface area (Å²) in [5.74, 6) is -2.08. The van der Waals surface area contributed by atoms with Crippen LogP contribution in [0.15, 0.2) is 60.7 Å². The molecule has 4 N–H and O–H groups in total. The Bertz CT molecular complexity index is 1060. The maximum atomic E-state index is 13.2. The van der Waals surface area contributed by atoms with Crippen molar-refractivity contribution in [2.24, 2.45) is 5.73 Å². The first-order valence-electron chi connectivity index (χ1n) is 12.4. The summed E-state index contributed by atoms with van der Waals surface area (Å²) >= 11 is 0. The molecule has 3 amide bonds. The highest BCUT2D eigenvalue weighted by Crippen LogP contribution is 2.11. The summed E-state index contributed by atoms with van der Waals surface area (Å²) < 4.78 is 16.3. The van der Waals surface area contributed by atoms with Gasteiger partial charge in [0.2, 0.25) is 11.8 Å². The molecule has 0 aliphatic carbocycles. The number of ether oxygens (including phenoxy) is 3. The largest absolute Gasteiger partial charge is 0.461 e. The molecular weight excluding hydrogens is 490 g/mol. The number of hydrogen-bond donors (Lipinski definition) is 3. The van der Waals surface area contributed by atoms with E-state index in [4.69, 9.17) is 19.9 Å². The van der Waals surface area contributed by atoms with Crippen LogP contribution in [0.25, 0.3) is 0 Å². The molecule has 0 unspecified atom stereocenters. The number of hydrogen-bond acceptors (Lipinski definition) is 7. The van der Waals surface area contributed by atoms with Crippen LogP contribution in [0.4, 0.5) is 4.79 Å². The van der Waals surface area contributed by atoms with E-state index in [1.807, 2.05) is 60.7 Å². The van der Waals surface area contributed by atoms with Crippen LogP contribution in [0.2, 0.25) is 0 Å². The van der Waals surface area contributed by atoms with Crippen LogP contribution in [0.3, 0.4) is 0 Å². The van der Waals surface area contributed by atoms with Crippen molar-refractivity contribution in [3.05, 3.63) is 71.8 Å². The third-order valence-corrected chi connectivity index (χ3v) is 5.32. The molecule has 10 heteroatoms. The molecule has 0 saturated carbocycles. The van der Waals surface area contributed by atoms with Gasteiger partial charge in [0.05, 0.1) is 12.7 Å². The number of amides is 3. The number of nitrogens with one attached hydrogen (secondary N) is 2. The first-order chi connectivity index (χ1) is 17.9. The summed E-state index contributed by atoms with van der Waals surface area (Å²) in [6.45, 7) is 6.97. The van der Waals surface area contributed by atoms with E-state index in [1.165, 1.54) is 0 Å². The Morgan fingerprint density at radius 2 is 1.42 bits per heavy atom. The van der Waals surface area contributed by atoms with Gasteiger partial charge in [0, 0.05) is 6.42 Å². The van der Waals surface area contributed by atoms with Gasteiger partial charge < -0.3 is 30.6 Å². The summed E-state index contributed by atoms with van der Waals surface area (Å²) in [4.78, 5) is 49.9. The van der Waals surface area contributed by atoms with Crippen LogP contribution in [-0.4, -0.2) is 47.7 Å². The van der Waals surface area contributed by atoms with E-state index in [9.17, 15) is 19.2 Å². The Kier molecular flexibility index (Phi) is 11.7. The standard InChI is InChI=1S/C28H37N3O7/c1-19(36-17-20-11-7-5-8-12-20)24(31-27(35)38-28(2,3)4)26(34)30-22(25(29)33)15-16-23(32)37-18-21-13-9-6-10-14-21/h5-14,19,22,24H,15-18H2,1-4H3,(H2,29,33)(H,30,34)(H,31,35)/t19-,22-,24+/m1/s1. The smallest absolute Gasteiger partial charge is 0.408 e. The highest BCUT2D eigenvalue weighted by molar-refractivity contribution is 5.91. The second-order valence-electron chi connectivity index (χ2n) is 9.77. The minimum atomic E-state index is -1.21. The van der Waals surface area contributed by atoms with Gasteiger partial charge in [-0.25, -0.2) is 4.79 Å². The maximum Gasteiger partial charge on any atom is 0.408 e. The Hall–Kier alpha value is -3.92. The number of carbonyl (C=O) groups is 4. The van der Waals surface area contributed by atoms with E-state index in [1.54, 1.807) is 27.7 Å². The molecule has 0 fully saturated rings. The molecule has 2 aromatic rings. The molecule has 2 rings (SSSR count). The van der Waals surface area contributed by atoms with Crippen molar-refractivity contribution in [2.45, 2.75) is 77.5 Å². The van der Waals surface area contributed by atoms with Crippen molar-refractivity contribution in [1.29, 1.82) is 0 Å². The first-order valence-corrected chi connectivity index (χ1v) is 12.4. The average molecular weight is 528 g/mol. The van der Waals surface area contributed by atoms with Gasteiger partial charge in [-0.15, -0.1) is 0 Å². The van der Waals surface area contributed by atoms with E-state index in [0.29, 0.717) is 0 Å². The predicted octanol–water partition coefficient (Wildman–Crippen LogP) is 2.98. The van der Waals surface area contributed by atoms with Gasteiger partial charge in [-0.05, 0) is 45.2 Å². The minimum absolute atomic E-state index is 0.0763. The Labute approximate surface area is 223 Å². The number of rotatable bonds is 13. The zero-order chi connectivity index (χ0) is 28.1. The van der Waals surface area contributed by atoms with E-state index in [0.717, 1.165) is 11.1 Å². The number of nitrogens with two attached hydrogens (primary N) is 1. The predicted molar refractivity (Wildman–Crippen MR) is 140 cm³/mol. The van der Waals surface area contributed by atoms with Crippen molar-refractivity contribution in [1.82, 2.24) is 10.6 Å². The molecule has 0 bridgehead atoms. The van der Waals surface area contributed by atoms with Gasteiger partial charge >= 0.3 is 12.1 Å². The highest BCUT2D eigenvalue weighted by Gasteiger charge is 2.32.